The van der Waals surface area contributed by atoms with E-state index < -0.39 is 0 Å². The summed E-state index contributed by atoms with van der Waals surface area (Å²) in [4.78, 5) is 33.7. The molecule has 0 spiro atoms. The van der Waals surface area contributed by atoms with Crippen molar-refractivity contribution in [2.45, 2.75) is 33.2 Å². The number of para-hydroxylation sites is 1. The van der Waals surface area contributed by atoms with Gasteiger partial charge >= 0.3 is 6.03 Å². The van der Waals surface area contributed by atoms with Crippen molar-refractivity contribution in [1.29, 1.82) is 0 Å². The number of hydrogen-bond acceptors (Lipinski definition) is 4. The molecule has 1 fully saturated rings. The number of halogens is 1. The second kappa shape index (κ2) is 8.72. The Labute approximate surface area is 172 Å². The third-order valence-corrected chi connectivity index (χ3v) is 5.38. The Bertz CT molecular complexity index is 852. The molecule has 1 saturated heterocycles. The van der Waals surface area contributed by atoms with E-state index in [4.69, 9.17) is 0 Å². The van der Waals surface area contributed by atoms with Crippen LogP contribution in [0.3, 0.4) is 0 Å². The van der Waals surface area contributed by atoms with Gasteiger partial charge in [0.2, 0.25) is 5.91 Å². The molecule has 8 nitrogen and oxygen atoms in total. The molecule has 1 unspecified atom stereocenters. The van der Waals surface area contributed by atoms with E-state index in [9.17, 15) is 9.59 Å². The molecule has 2 aromatic rings. The average molecular weight is 449 g/mol. The molecule has 150 valence electrons. The minimum atomic E-state index is -0.382. The summed E-state index contributed by atoms with van der Waals surface area (Å²) < 4.78 is 0.816. The number of benzene rings is 1. The summed E-state index contributed by atoms with van der Waals surface area (Å²) in [6, 6.07) is 6.88. The molecule has 3 amide bonds. The molecule has 28 heavy (non-hydrogen) atoms. The van der Waals surface area contributed by atoms with Gasteiger partial charge in [-0.05, 0) is 41.4 Å². The molecule has 0 bridgehead atoms. The predicted molar refractivity (Wildman–Crippen MR) is 110 cm³/mol. The van der Waals surface area contributed by atoms with E-state index in [0.717, 1.165) is 4.47 Å². The fourth-order valence-electron chi connectivity index (χ4n) is 3.25. The number of aromatic nitrogens is 3. The van der Waals surface area contributed by atoms with Gasteiger partial charge in [0.15, 0.2) is 5.82 Å². The van der Waals surface area contributed by atoms with Gasteiger partial charge in [-0.1, -0.05) is 26.0 Å². The molecule has 1 aliphatic rings. The first-order chi connectivity index (χ1) is 13.4. The number of hydrogen-bond donors (Lipinski definition) is 2. The van der Waals surface area contributed by atoms with Gasteiger partial charge < -0.3 is 15.1 Å². The van der Waals surface area contributed by atoms with Crippen molar-refractivity contribution in [2.24, 2.45) is 5.92 Å². The molecule has 1 atom stereocenters. The fourth-order valence-corrected chi connectivity index (χ4v) is 3.64. The Morgan fingerprint density at radius 1 is 1.29 bits per heavy atom. The molecule has 2 heterocycles. The maximum Gasteiger partial charge on any atom is 0.321 e. The Morgan fingerprint density at radius 3 is 2.68 bits per heavy atom. The molecule has 2 N–H and O–H groups in total. The molecule has 1 aliphatic heterocycles. The first-order valence-corrected chi connectivity index (χ1v) is 10.2. The lowest BCUT2D eigenvalue weighted by Gasteiger charge is -2.31. The SMILES string of the molecule is Cc1nc(C2CN(C(=O)Nc3ccccc3Br)CCCN2C(=O)C(C)C)n[nH]1. The third kappa shape index (κ3) is 4.52. The monoisotopic (exact) mass is 448 g/mol. The van der Waals surface area contributed by atoms with E-state index in [0.29, 0.717) is 43.4 Å². The zero-order valence-electron chi connectivity index (χ0n) is 16.3. The van der Waals surface area contributed by atoms with Crippen LogP contribution in [0.2, 0.25) is 0 Å². The summed E-state index contributed by atoms with van der Waals surface area (Å²) in [7, 11) is 0. The number of anilines is 1. The Hall–Kier alpha value is -2.42. The van der Waals surface area contributed by atoms with Crippen molar-refractivity contribution in [3.05, 3.63) is 40.4 Å². The van der Waals surface area contributed by atoms with Crippen LogP contribution in [0.15, 0.2) is 28.7 Å². The van der Waals surface area contributed by atoms with E-state index in [2.05, 4.69) is 36.4 Å². The summed E-state index contributed by atoms with van der Waals surface area (Å²) in [5, 5.41) is 10.1. The average Bonchev–Trinajstić information content (AvgIpc) is 2.97. The van der Waals surface area contributed by atoms with Crippen molar-refractivity contribution >= 4 is 33.6 Å². The van der Waals surface area contributed by atoms with E-state index in [1.165, 1.54) is 0 Å². The van der Waals surface area contributed by atoms with E-state index in [1.54, 1.807) is 9.80 Å². The van der Waals surface area contributed by atoms with Gasteiger partial charge in [0.05, 0.1) is 12.2 Å². The Morgan fingerprint density at radius 2 is 2.04 bits per heavy atom. The van der Waals surface area contributed by atoms with Crippen molar-refractivity contribution in [1.82, 2.24) is 25.0 Å². The lowest BCUT2D eigenvalue weighted by Crippen LogP contribution is -2.43. The summed E-state index contributed by atoms with van der Waals surface area (Å²) in [6.07, 6.45) is 0.696. The van der Waals surface area contributed by atoms with Gasteiger partial charge in [0.25, 0.3) is 0 Å². The second-order valence-electron chi connectivity index (χ2n) is 7.19. The number of urea groups is 1. The highest BCUT2D eigenvalue weighted by molar-refractivity contribution is 9.10. The van der Waals surface area contributed by atoms with Crippen molar-refractivity contribution in [3.8, 4) is 0 Å². The predicted octanol–water partition coefficient (Wildman–Crippen LogP) is 3.34. The minimum Gasteiger partial charge on any atom is -0.330 e. The highest BCUT2D eigenvalue weighted by Gasteiger charge is 2.34. The highest BCUT2D eigenvalue weighted by atomic mass is 79.9. The molecular weight excluding hydrogens is 424 g/mol. The molecule has 0 saturated carbocycles. The van der Waals surface area contributed by atoms with Crippen LogP contribution in [0, 0.1) is 12.8 Å². The molecule has 9 heteroatoms. The van der Waals surface area contributed by atoms with Crippen LogP contribution in [-0.2, 0) is 4.79 Å². The maximum absolute atomic E-state index is 12.9. The number of rotatable bonds is 3. The lowest BCUT2D eigenvalue weighted by molar-refractivity contribution is -0.137. The number of nitrogens with one attached hydrogen (secondary N) is 2. The quantitative estimate of drug-likeness (QED) is 0.752. The molecule has 0 aliphatic carbocycles. The van der Waals surface area contributed by atoms with Gasteiger partial charge in [-0.3, -0.25) is 9.89 Å². The van der Waals surface area contributed by atoms with Crippen molar-refractivity contribution in [2.75, 3.05) is 25.0 Å². The van der Waals surface area contributed by atoms with Gasteiger partial charge in [-0.15, -0.1) is 0 Å². The first-order valence-electron chi connectivity index (χ1n) is 9.36. The molecule has 1 aromatic heterocycles. The largest absolute Gasteiger partial charge is 0.330 e. The van der Waals surface area contributed by atoms with Gasteiger partial charge in [-0.2, -0.15) is 5.10 Å². The van der Waals surface area contributed by atoms with Crippen LogP contribution in [0.1, 0.15) is 38.0 Å². The van der Waals surface area contributed by atoms with Crippen LogP contribution < -0.4 is 5.32 Å². The first kappa shape index (κ1) is 20.3. The normalized spacial score (nSPS) is 17.5. The molecule has 1 aromatic carbocycles. The number of nitrogens with zero attached hydrogens (tertiary/aromatic N) is 4. The smallest absolute Gasteiger partial charge is 0.321 e. The summed E-state index contributed by atoms with van der Waals surface area (Å²) >= 11 is 3.45. The van der Waals surface area contributed by atoms with Crippen LogP contribution >= 0.6 is 15.9 Å². The van der Waals surface area contributed by atoms with Gasteiger partial charge in [-0.25, -0.2) is 9.78 Å². The second-order valence-corrected chi connectivity index (χ2v) is 8.05. The number of amides is 3. The van der Waals surface area contributed by atoms with Crippen LogP contribution in [-0.4, -0.2) is 56.6 Å². The highest BCUT2D eigenvalue weighted by Crippen LogP contribution is 2.26. The number of carbonyl (C=O) groups is 2. The fraction of sp³-hybridized carbons (Fsp3) is 0.474. The topological polar surface area (TPSA) is 94.2 Å². The number of aryl methyl sites for hydroxylation is 1. The van der Waals surface area contributed by atoms with Gasteiger partial charge in [0, 0.05) is 23.5 Å². The molecule has 0 radical (unpaired) electrons. The minimum absolute atomic E-state index is 0.0421. The van der Waals surface area contributed by atoms with Gasteiger partial charge in [0.1, 0.15) is 11.9 Å². The van der Waals surface area contributed by atoms with Crippen LogP contribution in [0.25, 0.3) is 0 Å². The zero-order chi connectivity index (χ0) is 20.3. The zero-order valence-corrected chi connectivity index (χ0v) is 17.9. The van der Waals surface area contributed by atoms with Crippen LogP contribution in [0.4, 0.5) is 10.5 Å². The summed E-state index contributed by atoms with van der Waals surface area (Å²) in [5.74, 6) is 1.12. The maximum atomic E-state index is 12.9. The van der Waals surface area contributed by atoms with Crippen LogP contribution in [0.5, 0.6) is 0 Å². The third-order valence-electron chi connectivity index (χ3n) is 4.69. The Balaban J connectivity index is 1.83. The number of carbonyl (C=O) groups excluding carboxylic acids is 2. The summed E-state index contributed by atoms with van der Waals surface area (Å²) in [6.45, 7) is 7.03. The number of aromatic amines is 1. The van der Waals surface area contributed by atoms with Crippen molar-refractivity contribution < 1.29 is 9.59 Å². The standard InChI is InChI=1S/C19H25BrN6O2/c1-12(2)18(27)26-10-6-9-25(11-16(26)17-21-13(3)23-24-17)19(28)22-15-8-5-4-7-14(15)20/h4-5,7-8,12,16H,6,9-11H2,1-3H3,(H,22,28)(H,21,23,24). The van der Waals surface area contributed by atoms with E-state index in [-0.39, 0.29) is 23.9 Å². The molecular formula is C19H25BrN6O2. The van der Waals surface area contributed by atoms with E-state index >= 15 is 0 Å². The Kier molecular flexibility index (Phi) is 6.33. The molecule has 3 rings (SSSR count). The van der Waals surface area contributed by atoms with E-state index in [1.807, 2.05) is 45.0 Å². The summed E-state index contributed by atoms with van der Waals surface area (Å²) in [5.41, 5.74) is 0.706. The number of H-pyrrole nitrogens is 1. The lowest BCUT2D eigenvalue weighted by atomic mass is 10.1. The van der Waals surface area contributed by atoms with Crippen molar-refractivity contribution in [3.63, 3.8) is 0 Å².